The van der Waals surface area contributed by atoms with Crippen LogP contribution >= 0.6 is 0 Å². The van der Waals surface area contributed by atoms with Crippen molar-refractivity contribution in [3.63, 3.8) is 0 Å². The highest BCUT2D eigenvalue weighted by atomic mass is 32.2. The number of nitrogens with zero attached hydrogens (tertiary/aromatic N) is 1. The molecule has 1 aliphatic heterocycles. The Bertz CT molecular complexity index is 1370. The van der Waals surface area contributed by atoms with Crippen molar-refractivity contribution in [3.05, 3.63) is 83.4 Å². The van der Waals surface area contributed by atoms with Crippen molar-refractivity contribution >= 4 is 27.7 Å². The summed E-state index contributed by atoms with van der Waals surface area (Å²) in [5.74, 6) is 1.84. The maximum absolute atomic E-state index is 12.8. The molecular formula is C27H28N2O6S. The number of fused-ring (bicyclic) bond motifs is 1. The Kier molecular flexibility index (Phi) is 7.49. The van der Waals surface area contributed by atoms with Crippen LogP contribution in [0.2, 0.25) is 0 Å². The third-order valence-corrected chi connectivity index (χ3v) is 7.38. The highest BCUT2D eigenvalue weighted by Crippen LogP contribution is 2.33. The number of hydrogen-bond donors (Lipinski definition) is 1. The number of rotatable bonds is 8. The number of carbonyl (C=O) groups is 1. The van der Waals surface area contributed by atoms with Crippen molar-refractivity contribution in [1.29, 1.82) is 0 Å². The van der Waals surface area contributed by atoms with Gasteiger partial charge in [0.25, 0.3) is 10.0 Å². The molecule has 0 aromatic heterocycles. The number of methoxy groups -OCH3 is 3. The molecule has 8 nitrogen and oxygen atoms in total. The molecule has 0 bridgehead atoms. The lowest BCUT2D eigenvalue weighted by atomic mass is 9.98. The molecule has 3 aromatic carbocycles. The number of benzene rings is 3. The molecule has 0 saturated carbocycles. The van der Waals surface area contributed by atoms with Gasteiger partial charge in [0.2, 0.25) is 5.91 Å². The maximum Gasteiger partial charge on any atom is 0.261 e. The smallest absolute Gasteiger partial charge is 0.261 e. The maximum atomic E-state index is 12.8. The van der Waals surface area contributed by atoms with E-state index in [1.165, 1.54) is 18.2 Å². The number of amides is 1. The summed E-state index contributed by atoms with van der Waals surface area (Å²) in [7, 11) is 0.990. The zero-order valence-electron chi connectivity index (χ0n) is 20.4. The summed E-state index contributed by atoms with van der Waals surface area (Å²) in [5, 5.41) is 0. The molecule has 0 aliphatic carbocycles. The van der Waals surface area contributed by atoms with Crippen LogP contribution in [-0.4, -0.2) is 47.1 Å². The fourth-order valence-electron chi connectivity index (χ4n) is 3.98. The van der Waals surface area contributed by atoms with Crippen molar-refractivity contribution in [2.75, 3.05) is 32.6 Å². The molecule has 0 fully saturated rings. The van der Waals surface area contributed by atoms with Crippen LogP contribution in [0.25, 0.3) is 6.08 Å². The Morgan fingerprint density at radius 2 is 1.53 bits per heavy atom. The number of hydrogen-bond acceptors (Lipinski definition) is 6. The summed E-state index contributed by atoms with van der Waals surface area (Å²) in [5.41, 5.74) is 3.32. The largest absolute Gasteiger partial charge is 0.497 e. The van der Waals surface area contributed by atoms with Gasteiger partial charge >= 0.3 is 0 Å². The van der Waals surface area contributed by atoms with Crippen LogP contribution in [0, 0.1) is 0 Å². The Morgan fingerprint density at radius 1 is 0.889 bits per heavy atom. The van der Waals surface area contributed by atoms with Gasteiger partial charge in [-0.25, -0.2) is 8.42 Å². The molecule has 36 heavy (non-hydrogen) atoms. The lowest BCUT2D eigenvalue weighted by Crippen LogP contribution is -2.34. The fraction of sp³-hybridized carbons (Fsp3) is 0.222. The average molecular weight is 509 g/mol. The molecule has 4 rings (SSSR count). The van der Waals surface area contributed by atoms with Gasteiger partial charge in [0, 0.05) is 24.9 Å². The molecule has 1 N–H and O–H groups in total. The molecule has 3 aromatic rings. The van der Waals surface area contributed by atoms with Crippen LogP contribution in [0.3, 0.4) is 0 Å². The van der Waals surface area contributed by atoms with Crippen LogP contribution in [-0.2, 0) is 27.8 Å². The van der Waals surface area contributed by atoms with E-state index in [0.717, 1.165) is 23.1 Å². The van der Waals surface area contributed by atoms with E-state index in [0.29, 0.717) is 36.0 Å². The molecule has 0 unspecified atom stereocenters. The minimum absolute atomic E-state index is 0.117. The Balaban J connectivity index is 1.40. The van der Waals surface area contributed by atoms with Crippen molar-refractivity contribution < 1.29 is 27.4 Å². The molecule has 0 saturated heterocycles. The number of sulfonamides is 1. The second-order valence-corrected chi connectivity index (χ2v) is 9.90. The van der Waals surface area contributed by atoms with Gasteiger partial charge in [-0.05, 0) is 77.7 Å². The van der Waals surface area contributed by atoms with Gasteiger partial charge in [0.1, 0.15) is 5.75 Å². The first-order chi connectivity index (χ1) is 17.3. The minimum atomic E-state index is -3.75. The number of ether oxygens (including phenoxy) is 3. The van der Waals surface area contributed by atoms with Gasteiger partial charge in [-0.1, -0.05) is 12.1 Å². The predicted molar refractivity (Wildman–Crippen MR) is 138 cm³/mol. The third kappa shape index (κ3) is 5.63. The Morgan fingerprint density at radius 3 is 2.14 bits per heavy atom. The molecule has 0 spiro atoms. The number of carbonyl (C=O) groups excluding carboxylic acids is 1. The monoisotopic (exact) mass is 508 g/mol. The van der Waals surface area contributed by atoms with Crippen LogP contribution < -0.4 is 18.9 Å². The lowest BCUT2D eigenvalue weighted by molar-refractivity contribution is -0.126. The summed E-state index contributed by atoms with van der Waals surface area (Å²) in [6, 6.07) is 16.8. The predicted octanol–water partition coefficient (Wildman–Crippen LogP) is 4.11. The average Bonchev–Trinajstić information content (AvgIpc) is 2.91. The van der Waals surface area contributed by atoms with Gasteiger partial charge in [0.15, 0.2) is 11.5 Å². The van der Waals surface area contributed by atoms with Crippen LogP contribution in [0.1, 0.15) is 16.7 Å². The zero-order chi connectivity index (χ0) is 25.7. The Labute approximate surface area is 211 Å². The summed E-state index contributed by atoms with van der Waals surface area (Å²) >= 11 is 0. The molecule has 0 radical (unpaired) electrons. The van der Waals surface area contributed by atoms with Crippen molar-refractivity contribution in [2.45, 2.75) is 17.9 Å². The standard InChI is InChI=1S/C27H28N2O6S/c1-33-23-9-7-22(8-10-23)28-36(31,32)24-11-4-19(5-12-24)6-13-27(30)29-15-14-20-16-25(34-2)26(35-3)17-21(20)18-29/h4-13,16-17,28H,14-15,18H2,1-3H3/b13-6+. The summed E-state index contributed by atoms with van der Waals surface area (Å²) in [4.78, 5) is 14.7. The topological polar surface area (TPSA) is 94.2 Å². The van der Waals surface area contributed by atoms with Crippen LogP contribution in [0.5, 0.6) is 17.2 Å². The highest BCUT2D eigenvalue weighted by molar-refractivity contribution is 7.92. The van der Waals surface area contributed by atoms with Crippen LogP contribution in [0.15, 0.2) is 71.6 Å². The van der Waals surface area contributed by atoms with Crippen LogP contribution in [0.4, 0.5) is 5.69 Å². The summed E-state index contributed by atoms with van der Waals surface area (Å²) < 4.78 is 43.8. The minimum Gasteiger partial charge on any atom is -0.497 e. The second-order valence-electron chi connectivity index (χ2n) is 8.22. The molecule has 0 atom stereocenters. The molecular weight excluding hydrogens is 480 g/mol. The van der Waals surface area contributed by atoms with Gasteiger partial charge in [-0.3, -0.25) is 9.52 Å². The van der Waals surface area contributed by atoms with E-state index in [-0.39, 0.29) is 10.8 Å². The van der Waals surface area contributed by atoms with E-state index in [9.17, 15) is 13.2 Å². The second kappa shape index (κ2) is 10.7. The molecule has 1 heterocycles. The molecule has 188 valence electrons. The zero-order valence-corrected chi connectivity index (χ0v) is 21.2. The van der Waals surface area contributed by atoms with Crippen molar-refractivity contribution in [3.8, 4) is 17.2 Å². The van der Waals surface area contributed by atoms with E-state index in [1.54, 1.807) is 68.7 Å². The van der Waals surface area contributed by atoms with Gasteiger partial charge in [0.05, 0.1) is 26.2 Å². The van der Waals surface area contributed by atoms with E-state index >= 15 is 0 Å². The SMILES string of the molecule is COc1ccc(NS(=O)(=O)c2ccc(/C=C/C(=O)N3CCc4cc(OC)c(OC)cc4C3)cc2)cc1. The molecule has 1 aliphatic rings. The highest BCUT2D eigenvalue weighted by Gasteiger charge is 2.21. The first-order valence-corrected chi connectivity index (χ1v) is 12.8. The number of nitrogens with one attached hydrogen (secondary N) is 1. The van der Waals surface area contributed by atoms with E-state index in [2.05, 4.69) is 4.72 Å². The third-order valence-electron chi connectivity index (χ3n) is 5.98. The lowest BCUT2D eigenvalue weighted by Gasteiger charge is -2.28. The Hall–Kier alpha value is -3.98. The fourth-order valence-corrected chi connectivity index (χ4v) is 5.03. The van der Waals surface area contributed by atoms with Gasteiger partial charge < -0.3 is 19.1 Å². The van der Waals surface area contributed by atoms with E-state index in [1.807, 2.05) is 12.1 Å². The van der Waals surface area contributed by atoms with E-state index < -0.39 is 10.0 Å². The van der Waals surface area contributed by atoms with Crippen molar-refractivity contribution in [2.24, 2.45) is 0 Å². The molecule has 9 heteroatoms. The first kappa shape index (κ1) is 25.1. The van der Waals surface area contributed by atoms with Crippen molar-refractivity contribution in [1.82, 2.24) is 4.90 Å². The summed E-state index contributed by atoms with van der Waals surface area (Å²) in [6.45, 7) is 1.08. The van der Waals surface area contributed by atoms with Gasteiger partial charge in [-0.15, -0.1) is 0 Å². The number of anilines is 1. The van der Waals surface area contributed by atoms with E-state index in [4.69, 9.17) is 14.2 Å². The quantitative estimate of drug-likeness (QED) is 0.460. The first-order valence-electron chi connectivity index (χ1n) is 11.3. The summed E-state index contributed by atoms with van der Waals surface area (Å²) in [6.07, 6.45) is 3.91. The van der Waals surface area contributed by atoms with Gasteiger partial charge in [-0.2, -0.15) is 0 Å². The normalized spacial score (nSPS) is 13.2. The molecule has 1 amide bonds.